The molecule has 1 aliphatic heterocycles. The molecule has 0 bridgehead atoms. The van der Waals surface area contributed by atoms with Crippen molar-refractivity contribution in [2.45, 2.75) is 25.7 Å². The predicted molar refractivity (Wildman–Crippen MR) is 113 cm³/mol. The van der Waals surface area contributed by atoms with Crippen LogP contribution in [0.2, 0.25) is 0 Å². The summed E-state index contributed by atoms with van der Waals surface area (Å²) < 4.78 is 2.02. The molecule has 0 spiro atoms. The largest absolute Gasteiger partial charge is 0.337 e. The molecule has 8 heteroatoms. The number of para-hydroxylation sites is 1. The first kappa shape index (κ1) is 18.5. The van der Waals surface area contributed by atoms with Gasteiger partial charge in [0.2, 0.25) is 0 Å². The number of carbonyl (C=O) groups is 1. The molecular weight excluding hydrogens is 378 g/mol. The number of aromatic amines is 1. The lowest BCUT2D eigenvalue weighted by Gasteiger charge is -2.32. The third kappa shape index (κ3) is 3.04. The number of carbonyl (C=O) groups excluding carboxylic acids is 1. The van der Waals surface area contributed by atoms with Crippen molar-refractivity contribution in [1.82, 2.24) is 34.6 Å². The number of hydrogen-bond acceptors (Lipinski definition) is 5. The Balaban J connectivity index is 1.45. The first-order valence-corrected chi connectivity index (χ1v) is 10.2. The second-order valence-corrected chi connectivity index (χ2v) is 7.75. The van der Waals surface area contributed by atoms with Gasteiger partial charge < -0.3 is 9.47 Å². The standard InChI is InChI=1S/C22H23N7O/c1-14-25-12-18(28(14)2)21-19(23-9-10-24-21)15-6-5-11-29(13-15)22(30)20-16-7-3-4-8-17(16)26-27-20/h3-4,7-10,12,15H,5-6,11,13H2,1-2H3,(H,26,27)/t15-/m1/s1. The zero-order valence-corrected chi connectivity index (χ0v) is 17.0. The molecule has 152 valence electrons. The summed E-state index contributed by atoms with van der Waals surface area (Å²) in [5, 5.41) is 8.11. The Morgan fingerprint density at radius 3 is 2.83 bits per heavy atom. The number of piperidine rings is 1. The molecule has 1 fully saturated rings. The number of H-pyrrole nitrogens is 1. The molecule has 0 unspecified atom stereocenters. The van der Waals surface area contributed by atoms with Crippen LogP contribution in [0.1, 0.15) is 40.8 Å². The zero-order valence-electron chi connectivity index (χ0n) is 17.0. The smallest absolute Gasteiger partial charge is 0.275 e. The molecule has 1 amide bonds. The minimum absolute atomic E-state index is 0.0426. The molecule has 30 heavy (non-hydrogen) atoms. The van der Waals surface area contributed by atoms with E-state index in [9.17, 15) is 4.79 Å². The van der Waals surface area contributed by atoms with Gasteiger partial charge in [0.25, 0.3) is 5.91 Å². The van der Waals surface area contributed by atoms with Crippen molar-refractivity contribution < 1.29 is 4.79 Å². The molecule has 5 rings (SSSR count). The molecule has 0 radical (unpaired) electrons. The number of amides is 1. The van der Waals surface area contributed by atoms with Crippen molar-refractivity contribution in [3.63, 3.8) is 0 Å². The topological polar surface area (TPSA) is 92.6 Å². The van der Waals surface area contributed by atoms with Crippen LogP contribution in [0.4, 0.5) is 0 Å². The number of nitrogens with zero attached hydrogens (tertiary/aromatic N) is 6. The van der Waals surface area contributed by atoms with E-state index in [0.29, 0.717) is 12.2 Å². The molecular formula is C22H23N7O. The van der Waals surface area contributed by atoms with E-state index in [2.05, 4.69) is 25.1 Å². The van der Waals surface area contributed by atoms with Gasteiger partial charge in [-0.3, -0.25) is 19.9 Å². The molecule has 1 saturated heterocycles. The summed E-state index contributed by atoms with van der Waals surface area (Å²) in [5.74, 6) is 0.998. The van der Waals surface area contributed by atoms with Crippen LogP contribution in [0, 0.1) is 6.92 Å². The van der Waals surface area contributed by atoms with Gasteiger partial charge >= 0.3 is 0 Å². The lowest BCUT2D eigenvalue weighted by molar-refractivity contribution is 0.0702. The van der Waals surface area contributed by atoms with Crippen molar-refractivity contribution in [2.75, 3.05) is 13.1 Å². The van der Waals surface area contributed by atoms with E-state index < -0.39 is 0 Å². The Labute approximate surface area is 174 Å². The highest BCUT2D eigenvalue weighted by Crippen LogP contribution is 2.32. The van der Waals surface area contributed by atoms with Gasteiger partial charge in [0.05, 0.1) is 23.1 Å². The Kier molecular flexibility index (Phi) is 4.54. The fourth-order valence-electron chi connectivity index (χ4n) is 4.23. The number of aryl methyl sites for hydroxylation is 1. The van der Waals surface area contributed by atoms with Gasteiger partial charge in [-0.15, -0.1) is 0 Å². The maximum Gasteiger partial charge on any atom is 0.275 e. The van der Waals surface area contributed by atoms with Crippen molar-refractivity contribution in [3.05, 3.63) is 60.1 Å². The normalized spacial score (nSPS) is 16.9. The number of aromatic nitrogens is 6. The summed E-state index contributed by atoms with van der Waals surface area (Å²) in [6.07, 6.45) is 7.16. The van der Waals surface area contributed by atoms with E-state index in [1.807, 2.05) is 53.9 Å². The van der Waals surface area contributed by atoms with Crippen LogP contribution in [0.15, 0.2) is 42.9 Å². The van der Waals surface area contributed by atoms with Gasteiger partial charge in [0, 0.05) is 43.8 Å². The molecule has 1 aromatic carbocycles. The fraction of sp³-hybridized carbons (Fsp3) is 0.318. The summed E-state index contributed by atoms with van der Waals surface area (Å²) >= 11 is 0. The van der Waals surface area contributed by atoms with Gasteiger partial charge in [0.15, 0.2) is 5.69 Å². The molecule has 4 heterocycles. The van der Waals surface area contributed by atoms with Crippen molar-refractivity contribution >= 4 is 16.8 Å². The van der Waals surface area contributed by atoms with Crippen LogP contribution in [-0.4, -0.2) is 53.6 Å². The highest BCUT2D eigenvalue weighted by Gasteiger charge is 2.30. The number of rotatable bonds is 3. The van der Waals surface area contributed by atoms with Crippen molar-refractivity contribution in [1.29, 1.82) is 0 Å². The van der Waals surface area contributed by atoms with E-state index in [1.165, 1.54) is 0 Å². The number of nitrogens with one attached hydrogen (secondary N) is 1. The van der Waals surface area contributed by atoms with E-state index in [4.69, 9.17) is 0 Å². The number of hydrogen-bond donors (Lipinski definition) is 1. The minimum Gasteiger partial charge on any atom is -0.337 e. The third-order valence-corrected chi connectivity index (χ3v) is 5.96. The minimum atomic E-state index is -0.0426. The summed E-state index contributed by atoms with van der Waals surface area (Å²) in [6, 6.07) is 7.72. The molecule has 3 aromatic heterocycles. The predicted octanol–water partition coefficient (Wildman–Crippen LogP) is 3.08. The second kappa shape index (κ2) is 7.37. The lowest BCUT2D eigenvalue weighted by atomic mass is 9.92. The number of likely N-dealkylation sites (tertiary alicyclic amines) is 1. The van der Waals surface area contributed by atoms with Gasteiger partial charge in [-0.25, -0.2) is 4.98 Å². The van der Waals surface area contributed by atoms with Crippen LogP contribution in [0.5, 0.6) is 0 Å². The highest BCUT2D eigenvalue weighted by atomic mass is 16.2. The van der Waals surface area contributed by atoms with Crippen LogP contribution >= 0.6 is 0 Å². The van der Waals surface area contributed by atoms with Crippen LogP contribution in [0.25, 0.3) is 22.3 Å². The Morgan fingerprint density at radius 2 is 2.00 bits per heavy atom. The first-order chi connectivity index (χ1) is 14.6. The summed E-state index contributed by atoms with van der Waals surface area (Å²) in [4.78, 5) is 28.8. The molecule has 1 aliphatic rings. The fourth-order valence-corrected chi connectivity index (χ4v) is 4.23. The maximum absolute atomic E-state index is 13.3. The third-order valence-electron chi connectivity index (χ3n) is 5.96. The average molecular weight is 401 g/mol. The molecule has 4 aromatic rings. The SMILES string of the molecule is Cc1ncc(-c2nccnc2[C@@H]2CCCN(C(=O)c3n[nH]c4ccccc34)C2)n1C. The van der Waals surface area contributed by atoms with Crippen LogP contribution < -0.4 is 0 Å². The molecule has 1 atom stereocenters. The summed E-state index contributed by atoms with van der Waals surface area (Å²) in [7, 11) is 1.98. The molecule has 0 aliphatic carbocycles. The lowest BCUT2D eigenvalue weighted by Crippen LogP contribution is -2.39. The molecule has 1 N–H and O–H groups in total. The van der Waals surface area contributed by atoms with Gasteiger partial charge in [-0.1, -0.05) is 18.2 Å². The Morgan fingerprint density at radius 1 is 1.17 bits per heavy atom. The molecule has 0 saturated carbocycles. The van der Waals surface area contributed by atoms with Crippen molar-refractivity contribution in [2.24, 2.45) is 7.05 Å². The van der Waals surface area contributed by atoms with E-state index in [1.54, 1.807) is 12.4 Å². The number of imidazole rings is 1. The van der Waals surface area contributed by atoms with E-state index >= 15 is 0 Å². The second-order valence-electron chi connectivity index (χ2n) is 7.75. The van der Waals surface area contributed by atoms with E-state index in [-0.39, 0.29) is 11.8 Å². The van der Waals surface area contributed by atoms with Gasteiger partial charge in [-0.2, -0.15) is 5.10 Å². The average Bonchev–Trinajstić information content (AvgIpc) is 3.37. The monoisotopic (exact) mass is 401 g/mol. The highest BCUT2D eigenvalue weighted by molar-refractivity contribution is 6.04. The summed E-state index contributed by atoms with van der Waals surface area (Å²) in [5.41, 5.74) is 4.05. The Bertz CT molecular complexity index is 1230. The quantitative estimate of drug-likeness (QED) is 0.569. The Hall–Kier alpha value is -3.55. The first-order valence-electron chi connectivity index (χ1n) is 10.2. The number of fused-ring (bicyclic) bond motifs is 1. The summed E-state index contributed by atoms with van der Waals surface area (Å²) in [6.45, 7) is 3.29. The van der Waals surface area contributed by atoms with Crippen LogP contribution in [0.3, 0.4) is 0 Å². The van der Waals surface area contributed by atoms with Gasteiger partial charge in [0.1, 0.15) is 11.5 Å². The zero-order chi connectivity index (χ0) is 20.7. The van der Waals surface area contributed by atoms with Gasteiger partial charge in [-0.05, 0) is 25.8 Å². The molecule has 8 nitrogen and oxygen atoms in total. The maximum atomic E-state index is 13.3. The van der Waals surface area contributed by atoms with Crippen LogP contribution in [-0.2, 0) is 7.05 Å². The van der Waals surface area contributed by atoms with Crippen molar-refractivity contribution in [3.8, 4) is 11.4 Å². The van der Waals surface area contributed by atoms with E-state index in [0.717, 1.165) is 53.2 Å². The number of benzene rings is 1.